The molecule has 162 valence electrons. The van der Waals surface area contributed by atoms with Crippen molar-refractivity contribution in [3.63, 3.8) is 0 Å². The van der Waals surface area contributed by atoms with Crippen LogP contribution >= 0.6 is 0 Å². The summed E-state index contributed by atoms with van der Waals surface area (Å²) in [6.45, 7) is 7.91. The molecule has 0 amide bonds. The van der Waals surface area contributed by atoms with Crippen molar-refractivity contribution >= 4 is 39.7 Å². The number of halogens is 1. The zero-order valence-electron chi connectivity index (χ0n) is 17.9. The molecular weight excluding hydrogens is 397 g/mol. The molecule has 0 radical (unpaired) electrons. The molecule has 31 heavy (non-hydrogen) atoms. The Balaban J connectivity index is 1.63. The number of hydrogen-bond donors (Lipinski definition) is 3. The van der Waals surface area contributed by atoms with E-state index in [0.717, 1.165) is 27.7 Å². The van der Waals surface area contributed by atoms with Crippen molar-refractivity contribution in [1.82, 2.24) is 19.9 Å². The molecule has 0 spiro atoms. The molecule has 1 saturated heterocycles. The molecule has 1 unspecified atom stereocenters. The predicted molar refractivity (Wildman–Crippen MR) is 121 cm³/mol. The van der Waals surface area contributed by atoms with E-state index in [1.54, 1.807) is 29.6 Å². The van der Waals surface area contributed by atoms with Crippen LogP contribution in [0.3, 0.4) is 0 Å². The largest absolute Gasteiger partial charge is 0.390 e. The monoisotopic (exact) mass is 423 g/mol. The molecule has 0 aromatic carbocycles. The zero-order valence-corrected chi connectivity index (χ0v) is 17.9. The molecule has 1 aliphatic rings. The van der Waals surface area contributed by atoms with Gasteiger partial charge in [-0.2, -0.15) is 4.98 Å². The molecule has 2 atom stereocenters. The maximum absolute atomic E-state index is 14.6. The quantitative estimate of drug-likeness (QED) is 0.573. The Labute approximate surface area is 180 Å². The predicted octanol–water partition coefficient (Wildman–Crippen LogP) is 3.54. The van der Waals surface area contributed by atoms with Crippen LogP contribution in [-0.2, 0) is 0 Å². The number of alkyl halides is 1. The third kappa shape index (κ3) is 4.13. The van der Waals surface area contributed by atoms with Crippen LogP contribution in [0.1, 0.15) is 25.8 Å². The average Bonchev–Trinajstić information content (AvgIpc) is 2.74. The van der Waals surface area contributed by atoms with E-state index in [1.165, 1.54) is 6.92 Å². The lowest BCUT2D eigenvalue weighted by Gasteiger charge is -2.38. The van der Waals surface area contributed by atoms with Crippen LogP contribution in [0.2, 0.25) is 0 Å². The summed E-state index contributed by atoms with van der Waals surface area (Å²) < 4.78 is 14.6. The van der Waals surface area contributed by atoms with Gasteiger partial charge in [0.05, 0.1) is 12.6 Å². The van der Waals surface area contributed by atoms with E-state index in [-0.39, 0.29) is 6.54 Å². The van der Waals surface area contributed by atoms with E-state index in [2.05, 4.69) is 37.1 Å². The Kier molecular flexibility index (Phi) is 5.45. The van der Waals surface area contributed by atoms with Crippen LogP contribution in [-0.4, -0.2) is 57.0 Å². The first-order valence-electron chi connectivity index (χ1n) is 10.1. The number of fused-ring (bicyclic) bond motifs is 1. The molecule has 3 aromatic rings. The third-order valence-corrected chi connectivity index (χ3v) is 5.52. The van der Waals surface area contributed by atoms with Gasteiger partial charge >= 0.3 is 0 Å². The van der Waals surface area contributed by atoms with E-state index in [0.29, 0.717) is 30.5 Å². The average molecular weight is 423 g/mol. The molecule has 0 bridgehead atoms. The second kappa shape index (κ2) is 8.07. The summed E-state index contributed by atoms with van der Waals surface area (Å²) in [5.41, 5.74) is 0.142. The Hall–Kier alpha value is -3.33. The van der Waals surface area contributed by atoms with Crippen LogP contribution in [0.4, 0.5) is 27.8 Å². The van der Waals surface area contributed by atoms with Gasteiger partial charge in [-0.15, -0.1) is 0 Å². The number of nitrogens with one attached hydrogen (secondary N) is 2. The second-order valence-electron chi connectivity index (χ2n) is 8.04. The van der Waals surface area contributed by atoms with Crippen LogP contribution < -0.4 is 15.5 Å². The van der Waals surface area contributed by atoms with Crippen molar-refractivity contribution in [3.8, 4) is 0 Å². The number of nitrogens with zero attached hydrogens (tertiary/aromatic N) is 5. The minimum Gasteiger partial charge on any atom is -0.390 e. The zero-order chi connectivity index (χ0) is 22.2. The Bertz CT molecular complexity index is 1130. The number of piperidine rings is 1. The van der Waals surface area contributed by atoms with Gasteiger partial charge in [0.1, 0.15) is 17.5 Å². The van der Waals surface area contributed by atoms with Gasteiger partial charge in [0.2, 0.25) is 5.95 Å². The van der Waals surface area contributed by atoms with Gasteiger partial charge in [-0.25, -0.2) is 19.3 Å². The number of rotatable bonds is 5. The highest BCUT2D eigenvalue weighted by molar-refractivity contribution is 5.99. The summed E-state index contributed by atoms with van der Waals surface area (Å²) in [5, 5.41) is 18.0. The fourth-order valence-corrected chi connectivity index (χ4v) is 3.75. The Morgan fingerprint density at radius 3 is 2.77 bits per heavy atom. The first-order valence-corrected chi connectivity index (χ1v) is 10.1. The first-order chi connectivity index (χ1) is 14.8. The maximum atomic E-state index is 14.6. The summed E-state index contributed by atoms with van der Waals surface area (Å²) >= 11 is 0. The fourth-order valence-electron chi connectivity index (χ4n) is 3.75. The van der Waals surface area contributed by atoms with E-state index in [1.807, 2.05) is 20.0 Å². The summed E-state index contributed by atoms with van der Waals surface area (Å²) in [5.74, 6) is 2.30. The van der Waals surface area contributed by atoms with Crippen molar-refractivity contribution < 1.29 is 9.50 Å². The molecule has 1 fully saturated rings. The lowest BCUT2D eigenvalue weighted by molar-refractivity contribution is -0.00860. The second-order valence-corrected chi connectivity index (χ2v) is 8.04. The lowest BCUT2D eigenvalue weighted by atomic mass is 9.94. The topological polar surface area (TPSA) is 99.1 Å². The van der Waals surface area contributed by atoms with Gasteiger partial charge in [0.25, 0.3) is 0 Å². The fraction of sp³-hybridized carbons (Fsp3) is 0.364. The molecule has 9 heteroatoms. The summed E-state index contributed by atoms with van der Waals surface area (Å²) in [7, 11) is 1.82. The molecule has 3 aromatic heterocycles. The maximum Gasteiger partial charge on any atom is 0.227 e. The smallest absolute Gasteiger partial charge is 0.227 e. The highest BCUT2D eigenvalue weighted by atomic mass is 19.1. The van der Waals surface area contributed by atoms with Gasteiger partial charge in [0, 0.05) is 43.1 Å². The Morgan fingerprint density at radius 2 is 2.06 bits per heavy atom. The number of allylic oxidation sites excluding steroid dienone is 1. The van der Waals surface area contributed by atoms with Crippen LogP contribution in [0.15, 0.2) is 37.3 Å². The minimum absolute atomic E-state index is 0.0353. The number of aliphatic hydroxyl groups excluding tert-OH is 1. The molecule has 3 N–H and O–H groups in total. The van der Waals surface area contributed by atoms with Crippen molar-refractivity contribution in [2.75, 3.05) is 35.7 Å². The van der Waals surface area contributed by atoms with Gasteiger partial charge in [-0.3, -0.25) is 0 Å². The lowest BCUT2D eigenvalue weighted by Crippen LogP contribution is -2.52. The molecule has 4 heterocycles. The van der Waals surface area contributed by atoms with E-state index >= 15 is 0 Å². The molecule has 0 aliphatic carbocycles. The van der Waals surface area contributed by atoms with Gasteiger partial charge in [-0.05, 0) is 43.4 Å². The van der Waals surface area contributed by atoms with Crippen molar-refractivity contribution in [2.24, 2.45) is 0 Å². The van der Waals surface area contributed by atoms with Crippen molar-refractivity contribution in [2.45, 2.75) is 32.0 Å². The Morgan fingerprint density at radius 1 is 1.26 bits per heavy atom. The van der Waals surface area contributed by atoms with E-state index in [4.69, 9.17) is 0 Å². The highest BCUT2D eigenvalue weighted by Gasteiger charge is 2.39. The summed E-state index contributed by atoms with van der Waals surface area (Å²) in [4.78, 5) is 19.5. The van der Waals surface area contributed by atoms with E-state index in [9.17, 15) is 9.50 Å². The van der Waals surface area contributed by atoms with Crippen LogP contribution in [0, 0.1) is 0 Å². The van der Waals surface area contributed by atoms with Crippen molar-refractivity contribution in [3.05, 3.63) is 42.9 Å². The molecule has 8 nitrogen and oxygen atoms in total. The van der Waals surface area contributed by atoms with Crippen molar-refractivity contribution in [1.29, 1.82) is 0 Å². The van der Waals surface area contributed by atoms with Gasteiger partial charge in [0.15, 0.2) is 5.67 Å². The molecule has 0 saturated carbocycles. The first kappa shape index (κ1) is 20.9. The van der Waals surface area contributed by atoms with Gasteiger partial charge < -0.3 is 20.6 Å². The number of anilines is 4. The highest BCUT2D eigenvalue weighted by Crippen LogP contribution is 2.31. The minimum atomic E-state index is -1.71. The normalized spacial score (nSPS) is 21.2. The molecule has 1 aliphatic heterocycles. The summed E-state index contributed by atoms with van der Waals surface area (Å²) in [6.07, 6.45) is 4.51. The molecule has 4 rings (SSSR count). The van der Waals surface area contributed by atoms with Gasteiger partial charge in [-0.1, -0.05) is 6.58 Å². The number of pyridine rings is 2. The number of aliphatic hydroxyl groups is 1. The van der Waals surface area contributed by atoms with Crippen LogP contribution in [0.25, 0.3) is 16.3 Å². The van der Waals surface area contributed by atoms with Crippen LogP contribution in [0.5, 0.6) is 0 Å². The number of aromatic nitrogens is 4. The third-order valence-electron chi connectivity index (χ3n) is 5.52. The summed E-state index contributed by atoms with van der Waals surface area (Å²) in [6, 6.07) is 3.66. The van der Waals surface area contributed by atoms with E-state index < -0.39 is 11.8 Å². The SMILES string of the molecule is C=C(C)c1cnc(NC)c2cnc(Nc3ccnc(N4CCC(O)[C@](C)(F)C4)n3)cc12. The number of hydrogen-bond acceptors (Lipinski definition) is 8. The standard InChI is InChI=1S/C22H26FN7O/c1-13(2)15-10-27-20(24-4)16-11-26-19(9-14(15)16)28-18-5-7-25-21(29-18)30-8-6-17(31)22(3,23)12-30/h5,7,9-11,17,31H,1,6,8,12H2,2-4H3,(H,24,27)(H,25,26,28,29)/t17?,22-/m1/s1. The molecular formula is C22H26FN7O.